The van der Waals surface area contributed by atoms with Crippen LogP contribution in [-0.4, -0.2) is 43.3 Å². The predicted molar refractivity (Wildman–Crippen MR) is 84.6 cm³/mol. The standard InChI is InChI=1S/C15H17F3N2O6S/c1-2-24-13(21)14(10-25-12-4-3-9-19-20-12)7-5-11(6-8-14)26-27(22,23)15(16,17)18/h3-5,9H,2,6-8,10H2,1H3. The van der Waals surface area contributed by atoms with Crippen molar-refractivity contribution in [3.63, 3.8) is 0 Å². The third kappa shape index (κ3) is 5.08. The smallest absolute Gasteiger partial charge is 0.475 e. The van der Waals surface area contributed by atoms with Gasteiger partial charge in [-0.1, -0.05) is 0 Å². The van der Waals surface area contributed by atoms with E-state index in [-0.39, 0.29) is 44.1 Å². The molecule has 1 aromatic rings. The summed E-state index contributed by atoms with van der Waals surface area (Å²) in [5, 5.41) is 7.35. The summed E-state index contributed by atoms with van der Waals surface area (Å²) in [6.45, 7) is 1.54. The Hall–Kier alpha value is -2.37. The van der Waals surface area contributed by atoms with Crippen LogP contribution in [-0.2, 0) is 23.8 Å². The Morgan fingerprint density at radius 3 is 2.63 bits per heavy atom. The predicted octanol–water partition coefficient (Wildman–Crippen LogP) is 2.34. The van der Waals surface area contributed by atoms with Crippen LogP contribution in [0.15, 0.2) is 30.2 Å². The number of carbonyl (C=O) groups excluding carboxylic acids is 1. The lowest BCUT2D eigenvalue weighted by Crippen LogP contribution is -2.40. The number of rotatable bonds is 7. The van der Waals surface area contributed by atoms with Crippen LogP contribution in [0.2, 0.25) is 0 Å². The van der Waals surface area contributed by atoms with Gasteiger partial charge >= 0.3 is 21.6 Å². The number of hydrogen-bond acceptors (Lipinski definition) is 8. The van der Waals surface area contributed by atoms with Gasteiger partial charge in [-0.05, 0) is 31.9 Å². The molecule has 0 spiro atoms. The van der Waals surface area contributed by atoms with E-state index in [4.69, 9.17) is 9.47 Å². The molecule has 0 saturated carbocycles. The highest BCUT2D eigenvalue weighted by Crippen LogP contribution is 2.39. The Balaban J connectivity index is 2.15. The topological polar surface area (TPSA) is 105 Å². The molecule has 8 nitrogen and oxygen atoms in total. The third-order valence-electron chi connectivity index (χ3n) is 3.82. The first-order chi connectivity index (χ1) is 12.6. The van der Waals surface area contributed by atoms with Crippen LogP contribution in [0.4, 0.5) is 13.2 Å². The summed E-state index contributed by atoms with van der Waals surface area (Å²) in [5.41, 5.74) is -6.74. The summed E-state index contributed by atoms with van der Waals surface area (Å²) in [4.78, 5) is 12.4. The zero-order valence-corrected chi connectivity index (χ0v) is 15.0. The molecule has 0 aliphatic heterocycles. The number of esters is 1. The molecule has 1 aliphatic rings. The molecule has 0 N–H and O–H groups in total. The van der Waals surface area contributed by atoms with E-state index in [2.05, 4.69) is 14.4 Å². The van der Waals surface area contributed by atoms with Gasteiger partial charge in [0.25, 0.3) is 0 Å². The molecule has 1 atom stereocenters. The van der Waals surface area contributed by atoms with Crippen molar-refractivity contribution in [3.8, 4) is 5.88 Å². The molecule has 0 aromatic carbocycles. The average Bonchev–Trinajstić information content (AvgIpc) is 2.61. The summed E-state index contributed by atoms with van der Waals surface area (Å²) in [5.74, 6) is -0.832. The van der Waals surface area contributed by atoms with Gasteiger partial charge in [0.1, 0.15) is 17.8 Å². The van der Waals surface area contributed by atoms with Gasteiger partial charge < -0.3 is 13.7 Å². The number of ether oxygens (including phenoxy) is 2. The molecule has 27 heavy (non-hydrogen) atoms. The van der Waals surface area contributed by atoms with E-state index in [1.165, 1.54) is 12.3 Å². The largest absolute Gasteiger partial charge is 0.534 e. The van der Waals surface area contributed by atoms with Gasteiger partial charge in [-0.15, -0.1) is 5.10 Å². The molecule has 0 saturated heterocycles. The average molecular weight is 410 g/mol. The van der Waals surface area contributed by atoms with Crippen LogP contribution < -0.4 is 4.74 Å². The zero-order valence-electron chi connectivity index (χ0n) is 14.2. The van der Waals surface area contributed by atoms with Crippen molar-refractivity contribution < 1.29 is 40.0 Å². The minimum atomic E-state index is -5.75. The van der Waals surface area contributed by atoms with E-state index in [0.717, 1.165) is 6.08 Å². The fourth-order valence-electron chi connectivity index (χ4n) is 2.38. The fraction of sp³-hybridized carbons (Fsp3) is 0.533. The van der Waals surface area contributed by atoms with Gasteiger partial charge in [0, 0.05) is 18.7 Å². The van der Waals surface area contributed by atoms with Crippen LogP contribution >= 0.6 is 0 Å². The number of nitrogens with zero attached hydrogens (tertiary/aromatic N) is 2. The second-order valence-corrected chi connectivity index (χ2v) is 7.25. The highest BCUT2D eigenvalue weighted by molar-refractivity contribution is 7.87. The third-order valence-corrected chi connectivity index (χ3v) is 4.82. The quantitative estimate of drug-likeness (QED) is 0.383. The Morgan fingerprint density at radius 1 is 1.37 bits per heavy atom. The number of carbonyl (C=O) groups is 1. The maximum absolute atomic E-state index is 12.4. The van der Waals surface area contributed by atoms with E-state index >= 15 is 0 Å². The molecule has 1 heterocycles. The van der Waals surface area contributed by atoms with Crippen LogP contribution in [0, 0.1) is 5.41 Å². The number of halogens is 3. The van der Waals surface area contributed by atoms with Crippen LogP contribution in [0.25, 0.3) is 0 Å². The highest BCUT2D eigenvalue weighted by Gasteiger charge is 2.50. The molecule has 150 valence electrons. The van der Waals surface area contributed by atoms with Gasteiger partial charge in [-0.3, -0.25) is 4.79 Å². The molecule has 1 unspecified atom stereocenters. The highest BCUT2D eigenvalue weighted by atomic mass is 32.2. The van der Waals surface area contributed by atoms with Gasteiger partial charge in [0.2, 0.25) is 5.88 Å². The Morgan fingerprint density at radius 2 is 2.11 bits per heavy atom. The Labute approximate surface area is 153 Å². The van der Waals surface area contributed by atoms with Crippen LogP contribution in [0.5, 0.6) is 5.88 Å². The monoisotopic (exact) mass is 410 g/mol. The molecule has 12 heteroatoms. The minimum Gasteiger partial charge on any atom is -0.475 e. The number of aromatic nitrogens is 2. The second kappa shape index (κ2) is 8.11. The van der Waals surface area contributed by atoms with Crippen molar-refractivity contribution in [3.05, 3.63) is 30.2 Å². The molecule has 2 rings (SSSR count). The van der Waals surface area contributed by atoms with Gasteiger partial charge in [-0.25, -0.2) is 0 Å². The molecule has 0 amide bonds. The van der Waals surface area contributed by atoms with Crippen LogP contribution in [0.1, 0.15) is 26.2 Å². The van der Waals surface area contributed by atoms with Crippen molar-refractivity contribution in [1.82, 2.24) is 10.2 Å². The molecule has 1 aliphatic carbocycles. The molecule has 0 fully saturated rings. The molecular weight excluding hydrogens is 393 g/mol. The van der Waals surface area contributed by atoms with Crippen molar-refractivity contribution >= 4 is 16.1 Å². The van der Waals surface area contributed by atoms with E-state index in [0.29, 0.717) is 0 Å². The number of allylic oxidation sites excluding steroid dienone is 2. The lowest BCUT2D eigenvalue weighted by atomic mass is 9.77. The molecule has 1 aromatic heterocycles. The Bertz CT molecular complexity index is 798. The first-order valence-electron chi connectivity index (χ1n) is 7.87. The fourth-order valence-corrected chi connectivity index (χ4v) is 2.90. The lowest BCUT2D eigenvalue weighted by molar-refractivity contribution is -0.158. The summed E-state index contributed by atoms with van der Waals surface area (Å²) < 4.78 is 74.1. The van der Waals surface area contributed by atoms with Crippen molar-refractivity contribution in [2.75, 3.05) is 13.2 Å². The minimum absolute atomic E-state index is 0.0225. The maximum atomic E-state index is 12.4. The normalized spacial score (nSPS) is 20.5. The number of hydrogen-bond donors (Lipinski definition) is 0. The van der Waals surface area contributed by atoms with Crippen LogP contribution in [0.3, 0.4) is 0 Å². The zero-order chi connectivity index (χ0) is 20.1. The maximum Gasteiger partial charge on any atom is 0.534 e. The van der Waals surface area contributed by atoms with E-state index in [9.17, 15) is 26.4 Å². The lowest BCUT2D eigenvalue weighted by Gasteiger charge is -2.33. The summed E-state index contributed by atoms with van der Waals surface area (Å²) in [6.07, 6.45) is 2.21. The number of alkyl halides is 3. The molecule has 0 bridgehead atoms. The van der Waals surface area contributed by atoms with E-state index in [1.807, 2.05) is 0 Å². The SMILES string of the molecule is CCOC(=O)C1(COc2cccnn2)CC=C(OS(=O)(=O)C(F)(F)F)CC1. The van der Waals surface area contributed by atoms with Crippen molar-refractivity contribution in [2.24, 2.45) is 5.41 Å². The summed E-state index contributed by atoms with van der Waals surface area (Å²) in [7, 11) is -5.75. The second-order valence-electron chi connectivity index (χ2n) is 5.71. The first kappa shape index (κ1) is 20.9. The first-order valence-corrected chi connectivity index (χ1v) is 9.28. The van der Waals surface area contributed by atoms with E-state index < -0.39 is 27.0 Å². The van der Waals surface area contributed by atoms with Gasteiger partial charge in [0.05, 0.1) is 6.61 Å². The molecule has 0 radical (unpaired) electrons. The molecular formula is C15H17F3N2O6S. The van der Waals surface area contributed by atoms with Crippen molar-refractivity contribution in [1.29, 1.82) is 0 Å². The summed E-state index contributed by atoms with van der Waals surface area (Å²) in [6, 6.07) is 3.10. The van der Waals surface area contributed by atoms with E-state index in [1.54, 1.807) is 13.0 Å². The van der Waals surface area contributed by atoms with Crippen molar-refractivity contribution in [2.45, 2.75) is 31.7 Å². The van der Waals surface area contributed by atoms with Gasteiger partial charge in [0.15, 0.2) is 0 Å². The van der Waals surface area contributed by atoms with Gasteiger partial charge in [-0.2, -0.15) is 26.7 Å². The summed E-state index contributed by atoms with van der Waals surface area (Å²) >= 11 is 0. The Kier molecular flexibility index (Phi) is 6.29.